The topological polar surface area (TPSA) is 77.5 Å². The third-order valence-electron chi connectivity index (χ3n) is 6.33. The fourth-order valence-electron chi connectivity index (χ4n) is 4.16. The molecular weight excluding hydrogens is 528 g/mol. The quantitative estimate of drug-likeness (QED) is 0.205. The Balaban J connectivity index is 1.67. The first-order valence-electron chi connectivity index (χ1n) is 13.5. The number of carbonyl (C=O) groups excluding carboxylic acids is 2. The average molecular weight is 569 g/mol. The second-order valence-electron chi connectivity index (χ2n) is 9.18. The molecule has 0 radical (unpaired) electrons. The number of amides is 2. The van der Waals surface area contributed by atoms with Crippen LogP contribution in [0.3, 0.4) is 0 Å². The molecule has 0 aliphatic rings. The largest absolute Gasteiger partial charge is 0.493 e. The SMILES string of the molecule is CCOCCCN(CC(=O)N(CCc1ccc(OC)c(OC)c1)Cc1cccs1)C(=O)COCc1ccccc1. The van der Waals surface area contributed by atoms with E-state index in [2.05, 4.69) is 0 Å². The highest BCUT2D eigenvalue weighted by atomic mass is 32.1. The Bertz CT molecular complexity index is 1160. The predicted octanol–water partition coefficient (Wildman–Crippen LogP) is 4.81. The van der Waals surface area contributed by atoms with Gasteiger partial charge in [0.2, 0.25) is 11.8 Å². The number of rotatable bonds is 18. The molecule has 0 spiro atoms. The van der Waals surface area contributed by atoms with Gasteiger partial charge in [0.15, 0.2) is 11.5 Å². The normalized spacial score (nSPS) is 10.8. The highest BCUT2D eigenvalue weighted by molar-refractivity contribution is 7.09. The Hall–Kier alpha value is -3.40. The average Bonchev–Trinajstić information content (AvgIpc) is 3.50. The lowest BCUT2D eigenvalue weighted by Gasteiger charge is -2.28. The highest BCUT2D eigenvalue weighted by Crippen LogP contribution is 2.28. The van der Waals surface area contributed by atoms with Crippen molar-refractivity contribution in [2.75, 3.05) is 53.7 Å². The lowest BCUT2D eigenvalue weighted by atomic mass is 10.1. The molecule has 0 saturated carbocycles. The zero-order chi connectivity index (χ0) is 28.6. The van der Waals surface area contributed by atoms with Gasteiger partial charge in [-0.05, 0) is 54.5 Å². The lowest BCUT2D eigenvalue weighted by molar-refractivity contribution is -0.144. The fraction of sp³-hybridized carbons (Fsp3) is 0.419. The van der Waals surface area contributed by atoms with Gasteiger partial charge in [0, 0.05) is 31.2 Å². The maximum atomic E-state index is 13.6. The van der Waals surface area contributed by atoms with E-state index in [1.807, 2.05) is 77.9 Å². The smallest absolute Gasteiger partial charge is 0.249 e. The summed E-state index contributed by atoms with van der Waals surface area (Å²) in [5.74, 6) is 0.990. The van der Waals surface area contributed by atoms with Gasteiger partial charge in [-0.3, -0.25) is 9.59 Å². The Kier molecular flexibility index (Phi) is 13.5. The van der Waals surface area contributed by atoms with Crippen LogP contribution in [0.15, 0.2) is 66.0 Å². The molecule has 0 aliphatic carbocycles. The molecule has 0 N–H and O–H groups in total. The number of benzene rings is 2. The zero-order valence-electron chi connectivity index (χ0n) is 23.7. The van der Waals surface area contributed by atoms with Gasteiger partial charge in [-0.1, -0.05) is 42.5 Å². The lowest BCUT2D eigenvalue weighted by Crippen LogP contribution is -2.45. The Morgan fingerprint density at radius 3 is 2.33 bits per heavy atom. The molecule has 9 heteroatoms. The molecular formula is C31H40N2O6S. The Morgan fingerprint density at radius 2 is 1.62 bits per heavy atom. The monoisotopic (exact) mass is 568 g/mol. The van der Waals surface area contributed by atoms with E-state index in [1.165, 1.54) is 0 Å². The molecule has 40 heavy (non-hydrogen) atoms. The molecule has 0 saturated heterocycles. The molecule has 0 atom stereocenters. The Morgan fingerprint density at radius 1 is 0.825 bits per heavy atom. The second-order valence-corrected chi connectivity index (χ2v) is 10.2. The molecule has 216 valence electrons. The molecule has 0 fully saturated rings. The van der Waals surface area contributed by atoms with Crippen LogP contribution in [0.5, 0.6) is 11.5 Å². The number of ether oxygens (including phenoxy) is 4. The van der Waals surface area contributed by atoms with Gasteiger partial charge in [0.05, 0.1) is 33.9 Å². The summed E-state index contributed by atoms with van der Waals surface area (Å²) in [6, 6.07) is 19.5. The van der Waals surface area contributed by atoms with Crippen LogP contribution in [-0.2, 0) is 38.6 Å². The number of thiophene rings is 1. The number of nitrogens with zero attached hydrogens (tertiary/aromatic N) is 2. The summed E-state index contributed by atoms with van der Waals surface area (Å²) in [5, 5.41) is 2.00. The van der Waals surface area contributed by atoms with Crippen LogP contribution in [0.1, 0.15) is 29.3 Å². The summed E-state index contributed by atoms with van der Waals surface area (Å²) in [7, 11) is 3.21. The van der Waals surface area contributed by atoms with Crippen LogP contribution in [-0.4, -0.2) is 75.3 Å². The van der Waals surface area contributed by atoms with E-state index in [1.54, 1.807) is 30.5 Å². The minimum absolute atomic E-state index is 0.0169. The van der Waals surface area contributed by atoms with Crippen molar-refractivity contribution in [1.29, 1.82) is 0 Å². The van der Waals surface area contributed by atoms with Crippen molar-refractivity contribution >= 4 is 23.2 Å². The summed E-state index contributed by atoms with van der Waals surface area (Å²) in [4.78, 5) is 31.3. The van der Waals surface area contributed by atoms with Gasteiger partial charge >= 0.3 is 0 Å². The molecule has 8 nitrogen and oxygen atoms in total. The van der Waals surface area contributed by atoms with E-state index in [0.717, 1.165) is 16.0 Å². The minimum Gasteiger partial charge on any atom is -0.493 e. The summed E-state index contributed by atoms with van der Waals surface area (Å²) in [6.07, 6.45) is 1.28. The number of carbonyl (C=O) groups is 2. The van der Waals surface area contributed by atoms with E-state index < -0.39 is 0 Å². The van der Waals surface area contributed by atoms with Crippen LogP contribution in [0.2, 0.25) is 0 Å². The zero-order valence-corrected chi connectivity index (χ0v) is 24.5. The van der Waals surface area contributed by atoms with Crippen molar-refractivity contribution in [2.45, 2.75) is 32.9 Å². The van der Waals surface area contributed by atoms with Crippen molar-refractivity contribution in [3.8, 4) is 11.5 Å². The first-order chi connectivity index (χ1) is 19.5. The minimum atomic E-state index is -0.211. The van der Waals surface area contributed by atoms with Gasteiger partial charge < -0.3 is 28.7 Å². The molecule has 0 bridgehead atoms. The summed E-state index contributed by atoms with van der Waals surface area (Å²) >= 11 is 1.61. The van der Waals surface area contributed by atoms with Gasteiger partial charge in [0.25, 0.3) is 0 Å². The molecule has 0 unspecified atom stereocenters. The van der Waals surface area contributed by atoms with Crippen LogP contribution in [0.25, 0.3) is 0 Å². The van der Waals surface area contributed by atoms with E-state index in [-0.39, 0.29) is 25.0 Å². The maximum absolute atomic E-state index is 13.6. The number of hydrogen-bond donors (Lipinski definition) is 0. The van der Waals surface area contributed by atoms with Gasteiger partial charge in [-0.2, -0.15) is 0 Å². The molecule has 2 amide bonds. The van der Waals surface area contributed by atoms with E-state index >= 15 is 0 Å². The highest BCUT2D eigenvalue weighted by Gasteiger charge is 2.22. The van der Waals surface area contributed by atoms with Crippen LogP contribution >= 0.6 is 11.3 Å². The van der Waals surface area contributed by atoms with Gasteiger partial charge in [0.1, 0.15) is 6.61 Å². The molecule has 2 aromatic carbocycles. The van der Waals surface area contributed by atoms with E-state index in [4.69, 9.17) is 18.9 Å². The fourth-order valence-corrected chi connectivity index (χ4v) is 4.88. The molecule has 1 heterocycles. The standard InChI is InChI=1S/C31H40N2O6S/c1-4-38-18-9-16-32(31(35)24-39-23-26-10-6-5-7-11-26)22-30(34)33(21-27-12-8-19-40-27)17-15-25-13-14-28(36-2)29(20-25)37-3/h5-8,10-14,19-20H,4,9,15-18,21-24H2,1-3H3. The van der Waals surface area contributed by atoms with E-state index in [9.17, 15) is 9.59 Å². The third-order valence-corrected chi connectivity index (χ3v) is 7.20. The number of methoxy groups -OCH3 is 2. The summed E-state index contributed by atoms with van der Waals surface area (Å²) in [5.41, 5.74) is 2.02. The first kappa shape index (κ1) is 31.1. The van der Waals surface area contributed by atoms with Gasteiger partial charge in [-0.15, -0.1) is 11.3 Å². The maximum Gasteiger partial charge on any atom is 0.249 e. The van der Waals surface area contributed by atoms with Crippen molar-refractivity contribution in [3.05, 3.63) is 82.0 Å². The first-order valence-corrected chi connectivity index (χ1v) is 14.4. The second kappa shape index (κ2) is 17.3. The molecule has 3 rings (SSSR count). The van der Waals surface area contributed by atoms with Crippen LogP contribution < -0.4 is 9.47 Å². The van der Waals surface area contributed by atoms with Crippen LogP contribution in [0.4, 0.5) is 0 Å². The van der Waals surface area contributed by atoms with Crippen molar-refractivity contribution in [2.24, 2.45) is 0 Å². The van der Waals surface area contributed by atoms with Gasteiger partial charge in [-0.25, -0.2) is 0 Å². The molecule has 1 aromatic heterocycles. The molecule has 0 aliphatic heterocycles. The van der Waals surface area contributed by atoms with E-state index in [0.29, 0.717) is 63.8 Å². The molecule has 3 aromatic rings. The van der Waals surface area contributed by atoms with Crippen molar-refractivity contribution in [3.63, 3.8) is 0 Å². The number of hydrogen-bond acceptors (Lipinski definition) is 7. The summed E-state index contributed by atoms with van der Waals surface area (Å²) < 4.78 is 21.9. The summed E-state index contributed by atoms with van der Waals surface area (Å²) in [6.45, 7) is 4.70. The Labute approximate surface area is 241 Å². The third kappa shape index (κ3) is 10.3. The van der Waals surface area contributed by atoms with Crippen LogP contribution in [0, 0.1) is 0 Å². The van der Waals surface area contributed by atoms with Crippen molar-refractivity contribution < 1.29 is 28.5 Å². The predicted molar refractivity (Wildman–Crippen MR) is 157 cm³/mol. The van der Waals surface area contributed by atoms with Crippen molar-refractivity contribution in [1.82, 2.24) is 9.80 Å².